The van der Waals surface area contributed by atoms with Crippen LogP contribution in [0, 0.1) is 0 Å². The standard InChI is InChI=1S/C31H32ClF3N2O4S/c1-5-24-25-14-10-21(16-29(25)41-28(24)15-20-7-11-22(32)17-26(20)31(33,34)35)30(38)36-27(18-37(3)4)19-8-12-23(13-9-19)42(39,40)6-2/h7-14,16-17,27H,5-6,15,18H2,1-4H3,(H,36,38)/t27-/m0/s1. The fraction of sp³-hybridized carbons (Fsp3) is 0.323. The highest BCUT2D eigenvalue weighted by atomic mass is 35.5. The van der Waals surface area contributed by atoms with Gasteiger partial charge in [0.2, 0.25) is 0 Å². The Balaban J connectivity index is 1.63. The molecule has 0 spiro atoms. The molecule has 0 aliphatic carbocycles. The number of fused-ring (bicyclic) bond motifs is 1. The van der Waals surface area contributed by atoms with Gasteiger partial charge < -0.3 is 14.6 Å². The molecule has 1 atom stereocenters. The molecule has 6 nitrogen and oxygen atoms in total. The predicted molar refractivity (Wildman–Crippen MR) is 158 cm³/mol. The lowest BCUT2D eigenvalue weighted by Crippen LogP contribution is -2.35. The van der Waals surface area contributed by atoms with Crippen molar-refractivity contribution in [1.82, 2.24) is 10.2 Å². The Morgan fingerprint density at radius 3 is 2.31 bits per heavy atom. The van der Waals surface area contributed by atoms with Crippen molar-refractivity contribution in [2.24, 2.45) is 0 Å². The summed E-state index contributed by atoms with van der Waals surface area (Å²) in [7, 11) is 0.372. The smallest absolute Gasteiger partial charge is 0.416 e. The number of nitrogens with zero attached hydrogens (tertiary/aromatic N) is 1. The molecule has 0 unspecified atom stereocenters. The number of furan rings is 1. The molecule has 4 rings (SSSR count). The first-order valence-electron chi connectivity index (χ1n) is 13.4. The van der Waals surface area contributed by atoms with Gasteiger partial charge >= 0.3 is 6.18 Å². The largest absolute Gasteiger partial charge is 0.460 e. The predicted octanol–water partition coefficient (Wildman–Crippen LogP) is 7.08. The van der Waals surface area contributed by atoms with E-state index in [-0.39, 0.29) is 33.6 Å². The van der Waals surface area contributed by atoms with Crippen LogP contribution in [0.3, 0.4) is 0 Å². The first-order chi connectivity index (χ1) is 19.7. The minimum absolute atomic E-state index is 0.00319. The number of amides is 1. The van der Waals surface area contributed by atoms with E-state index in [1.54, 1.807) is 37.3 Å². The molecule has 11 heteroatoms. The highest BCUT2D eigenvalue weighted by molar-refractivity contribution is 7.91. The number of carbonyl (C=O) groups is 1. The van der Waals surface area contributed by atoms with Gasteiger partial charge in [-0.15, -0.1) is 0 Å². The molecule has 1 N–H and O–H groups in total. The number of alkyl halides is 3. The summed E-state index contributed by atoms with van der Waals surface area (Å²) in [6.45, 7) is 3.93. The molecule has 0 bridgehead atoms. The van der Waals surface area contributed by atoms with Gasteiger partial charge in [-0.1, -0.05) is 49.7 Å². The number of nitrogens with one attached hydrogen (secondary N) is 1. The molecule has 0 radical (unpaired) electrons. The first-order valence-corrected chi connectivity index (χ1v) is 15.4. The molecule has 1 aromatic heterocycles. The molecule has 4 aromatic rings. The molecular weight excluding hydrogens is 589 g/mol. The zero-order valence-electron chi connectivity index (χ0n) is 23.7. The van der Waals surface area contributed by atoms with Crippen molar-refractivity contribution < 1.29 is 30.8 Å². The number of benzene rings is 3. The number of halogens is 4. The lowest BCUT2D eigenvalue weighted by molar-refractivity contribution is -0.138. The topological polar surface area (TPSA) is 79.6 Å². The van der Waals surface area contributed by atoms with E-state index in [9.17, 15) is 26.4 Å². The van der Waals surface area contributed by atoms with Gasteiger partial charge in [0.15, 0.2) is 9.84 Å². The highest BCUT2D eigenvalue weighted by Crippen LogP contribution is 2.36. The number of hydrogen-bond donors (Lipinski definition) is 1. The van der Waals surface area contributed by atoms with Gasteiger partial charge in [0.25, 0.3) is 5.91 Å². The maximum absolute atomic E-state index is 13.7. The van der Waals surface area contributed by atoms with E-state index in [1.165, 1.54) is 24.3 Å². The summed E-state index contributed by atoms with van der Waals surface area (Å²) in [5.41, 5.74) is 1.46. The van der Waals surface area contributed by atoms with Crippen LogP contribution in [0.15, 0.2) is 70.0 Å². The zero-order chi connectivity index (χ0) is 30.8. The van der Waals surface area contributed by atoms with E-state index in [0.29, 0.717) is 29.9 Å². The van der Waals surface area contributed by atoms with Crippen LogP contribution in [0.2, 0.25) is 5.02 Å². The summed E-state index contributed by atoms with van der Waals surface area (Å²) in [5, 5.41) is 3.74. The molecule has 0 aliphatic heterocycles. The second-order valence-corrected chi connectivity index (χ2v) is 13.0. The van der Waals surface area contributed by atoms with Gasteiger partial charge in [0.05, 0.1) is 22.3 Å². The molecule has 0 aliphatic rings. The summed E-state index contributed by atoms with van der Waals surface area (Å²) in [6.07, 6.45) is -4.13. The Kier molecular flexibility index (Phi) is 9.39. The number of aryl methyl sites for hydroxylation is 1. The molecule has 1 heterocycles. The maximum atomic E-state index is 13.7. The minimum Gasteiger partial charge on any atom is -0.460 e. The van der Waals surface area contributed by atoms with Crippen LogP contribution in [0.5, 0.6) is 0 Å². The Labute approximate surface area is 248 Å². The van der Waals surface area contributed by atoms with Crippen molar-refractivity contribution in [3.63, 3.8) is 0 Å². The molecular formula is C31H32ClF3N2O4S. The number of sulfone groups is 1. The highest BCUT2D eigenvalue weighted by Gasteiger charge is 2.34. The summed E-state index contributed by atoms with van der Waals surface area (Å²) in [5.74, 6) is 0.0111. The van der Waals surface area contributed by atoms with E-state index >= 15 is 0 Å². The number of likely N-dealkylation sites (N-methyl/N-ethyl adjacent to an activating group) is 1. The van der Waals surface area contributed by atoms with E-state index < -0.39 is 27.6 Å². The molecule has 0 saturated carbocycles. The average molecular weight is 621 g/mol. The first kappa shape index (κ1) is 31.6. The monoisotopic (exact) mass is 620 g/mol. The Hall–Kier alpha value is -3.34. The second-order valence-electron chi connectivity index (χ2n) is 10.3. The van der Waals surface area contributed by atoms with Crippen molar-refractivity contribution in [2.45, 2.75) is 43.8 Å². The fourth-order valence-electron chi connectivity index (χ4n) is 4.93. The lowest BCUT2D eigenvalue weighted by Gasteiger charge is -2.23. The zero-order valence-corrected chi connectivity index (χ0v) is 25.3. The molecule has 42 heavy (non-hydrogen) atoms. The van der Waals surface area contributed by atoms with Crippen molar-refractivity contribution in [2.75, 3.05) is 26.4 Å². The third kappa shape index (κ3) is 6.99. The van der Waals surface area contributed by atoms with Crippen LogP contribution in [0.4, 0.5) is 13.2 Å². The van der Waals surface area contributed by atoms with Gasteiger partial charge in [0.1, 0.15) is 11.3 Å². The summed E-state index contributed by atoms with van der Waals surface area (Å²) >= 11 is 5.84. The average Bonchev–Trinajstić information content (AvgIpc) is 3.29. The van der Waals surface area contributed by atoms with Crippen LogP contribution >= 0.6 is 11.6 Å². The van der Waals surface area contributed by atoms with E-state index in [1.807, 2.05) is 25.9 Å². The quantitative estimate of drug-likeness (QED) is 0.205. The van der Waals surface area contributed by atoms with Crippen LogP contribution in [0.25, 0.3) is 11.0 Å². The number of hydrogen-bond acceptors (Lipinski definition) is 5. The molecule has 224 valence electrons. The third-order valence-corrected chi connectivity index (χ3v) is 9.08. The van der Waals surface area contributed by atoms with Gasteiger partial charge in [-0.05, 0) is 68.0 Å². The number of rotatable bonds is 10. The van der Waals surface area contributed by atoms with E-state index in [2.05, 4.69) is 5.32 Å². The minimum atomic E-state index is -4.57. The lowest BCUT2D eigenvalue weighted by atomic mass is 9.99. The van der Waals surface area contributed by atoms with Crippen molar-refractivity contribution in [1.29, 1.82) is 0 Å². The molecule has 0 fully saturated rings. The van der Waals surface area contributed by atoms with Crippen molar-refractivity contribution in [3.8, 4) is 0 Å². The SMILES string of the molecule is CCc1c(Cc2ccc(Cl)cc2C(F)(F)F)oc2cc(C(=O)N[C@@H](CN(C)C)c3ccc(S(=O)(=O)CC)cc3)ccc12. The second kappa shape index (κ2) is 12.5. The van der Waals surface area contributed by atoms with Crippen LogP contribution in [0.1, 0.15) is 58.3 Å². The Morgan fingerprint density at radius 1 is 1.02 bits per heavy atom. The van der Waals surface area contributed by atoms with Gasteiger partial charge in [-0.3, -0.25) is 4.79 Å². The van der Waals surface area contributed by atoms with Crippen LogP contribution in [-0.2, 0) is 28.9 Å². The third-order valence-electron chi connectivity index (χ3n) is 7.10. The molecule has 1 amide bonds. The van der Waals surface area contributed by atoms with Crippen molar-refractivity contribution in [3.05, 3.63) is 99.3 Å². The Morgan fingerprint density at radius 2 is 1.71 bits per heavy atom. The summed E-state index contributed by atoms with van der Waals surface area (Å²) in [6, 6.07) is 14.7. The maximum Gasteiger partial charge on any atom is 0.416 e. The van der Waals surface area contributed by atoms with Gasteiger partial charge in [-0.2, -0.15) is 13.2 Å². The van der Waals surface area contributed by atoms with Crippen LogP contribution in [-0.4, -0.2) is 45.6 Å². The van der Waals surface area contributed by atoms with E-state index in [0.717, 1.165) is 22.6 Å². The normalized spacial score (nSPS) is 13.1. The summed E-state index contributed by atoms with van der Waals surface area (Å²) in [4.78, 5) is 15.5. The molecule has 0 saturated heterocycles. The van der Waals surface area contributed by atoms with Gasteiger partial charge in [0, 0.05) is 34.5 Å². The van der Waals surface area contributed by atoms with Gasteiger partial charge in [-0.25, -0.2) is 8.42 Å². The van der Waals surface area contributed by atoms with Crippen LogP contribution < -0.4 is 5.32 Å². The molecule has 3 aromatic carbocycles. The van der Waals surface area contributed by atoms with E-state index in [4.69, 9.17) is 16.0 Å². The van der Waals surface area contributed by atoms with Crippen molar-refractivity contribution >= 4 is 38.3 Å². The number of carbonyl (C=O) groups excluding carboxylic acids is 1. The Bertz CT molecular complexity index is 1700. The fourth-order valence-corrected chi connectivity index (χ4v) is 5.98. The summed E-state index contributed by atoms with van der Waals surface area (Å²) < 4.78 is 71.5.